The minimum atomic E-state index is -3.22. The molecule has 0 bridgehead atoms. The van der Waals surface area contributed by atoms with Crippen LogP contribution in [0.5, 0.6) is 0 Å². The summed E-state index contributed by atoms with van der Waals surface area (Å²) in [6, 6.07) is 10.2. The molecule has 1 fully saturated rings. The van der Waals surface area contributed by atoms with Gasteiger partial charge in [-0.25, -0.2) is 12.7 Å². The zero-order valence-electron chi connectivity index (χ0n) is 15.1. The second-order valence-corrected chi connectivity index (χ2v) is 8.50. The van der Waals surface area contributed by atoms with Crippen molar-refractivity contribution in [3.05, 3.63) is 30.3 Å². The van der Waals surface area contributed by atoms with Crippen molar-refractivity contribution in [2.75, 3.05) is 43.9 Å². The third kappa shape index (κ3) is 6.01. The number of hydrogen-bond donors (Lipinski definition) is 1. The van der Waals surface area contributed by atoms with E-state index >= 15 is 0 Å². The molecule has 0 radical (unpaired) electrons. The second-order valence-electron chi connectivity index (χ2n) is 6.52. The molecule has 0 unspecified atom stereocenters. The molecule has 1 amide bonds. The molecule has 1 saturated heterocycles. The predicted octanol–water partition coefficient (Wildman–Crippen LogP) is 1.69. The minimum Gasteiger partial charge on any atom is -0.372 e. The maximum absolute atomic E-state index is 12.3. The van der Waals surface area contributed by atoms with Gasteiger partial charge in [0.15, 0.2) is 0 Å². The normalized spacial score (nSPS) is 18.7. The van der Waals surface area contributed by atoms with Gasteiger partial charge >= 0.3 is 0 Å². The molecule has 1 aromatic rings. The van der Waals surface area contributed by atoms with E-state index in [9.17, 15) is 13.2 Å². The quantitative estimate of drug-likeness (QED) is 0.710. The first kappa shape index (κ1) is 19.7. The van der Waals surface area contributed by atoms with Crippen molar-refractivity contribution in [3.8, 4) is 0 Å². The first-order valence-electron chi connectivity index (χ1n) is 8.94. The first-order chi connectivity index (χ1) is 11.9. The van der Waals surface area contributed by atoms with Crippen LogP contribution < -0.4 is 10.2 Å². The van der Waals surface area contributed by atoms with Crippen LogP contribution in [0.2, 0.25) is 0 Å². The number of piperidine rings is 1. The van der Waals surface area contributed by atoms with E-state index < -0.39 is 10.0 Å². The van der Waals surface area contributed by atoms with Gasteiger partial charge in [-0.1, -0.05) is 18.2 Å². The third-order valence-corrected chi connectivity index (χ3v) is 5.90. The van der Waals surface area contributed by atoms with E-state index in [0.29, 0.717) is 19.6 Å². The highest BCUT2D eigenvalue weighted by Gasteiger charge is 2.29. The Hall–Kier alpha value is -1.60. The Morgan fingerprint density at radius 3 is 2.68 bits per heavy atom. The van der Waals surface area contributed by atoms with Crippen molar-refractivity contribution in [2.45, 2.75) is 26.2 Å². The molecule has 1 atom stereocenters. The molecule has 25 heavy (non-hydrogen) atoms. The molecular formula is C18H29N3O3S. The molecule has 140 valence electrons. The van der Waals surface area contributed by atoms with Crippen molar-refractivity contribution < 1.29 is 13.2 Å². The summed E-state index contributed by atoms with van der Waals surface area (Å²) in [5, 5.41) is 2.97. The minimum absolute atomic E-state index is 0.0314. The van der Waals surface area contributed by atoms with Crippen LogP contribution >= 0.6 is 0 Å². The monoisotopic (exact) mass is 367 g/mol. The third-order valence-electron chi connectivity index (χ3n) is 4.63. The summed E-state index contributed by atoms with van der Waals surface area (Å²) in [4.78, 5) is 14.6. The number of anilines is 1. The van der Waals surface area contributed by atoms with Gasteiger partial charge in [-0.15, -0.1) is 0 Å². The number of carbonyl (C=O) groups is 1. The second kappa shape index (κ2) is 9.20. The maximum atomic E-state index is 12.3. The number of rotatable bonds is 8. The lowest BCUT2D eigenvalue weighted by molar-refractivity contribution is -0.126. The largest absolute Gasteiger partial charge is 0.372 e. The highest BCUT2D eigenvalue weighted by molar-refractivity contribution is 7.88. The summed E-state index contributed by atoms with van der Waals surface area (Å²) in [6.07, 6.45) is 3.55. The summed E-state index contributed by atoms with van der Waals surface area (Å²) in [7, 11) is -3.22. The lowest BCUT2D eigenvalue weighted by atomic mass is 9.99. The van der Waals surface area contributed by atoms with E-state index in [1.54, 1.807) is 0 Å². The van der Waals surface area contributed by atoms with Gasteiger partial charge in [0.05, 0.1) is 12.2 Å². The summed E-state index contributed by atoms with van der Waals surface area (Å²) in [6.45, 7) is 5.34. The summed E-state index contributed by atoms with van der Waals surface area (Å²) < 4.78 is 24.7. The SMILES string of the molecule is CCN(CCCNC(=O)[C@H]1CCCN(S(C)(=O)=O)C1)c1ccccc1. The molecule has 1 heterocycles. The Bertz CT molecular complexity index is 649. The zero-order chi connectivity index (χ0) is 18.3. The van der Waals surface area contributed by atoms with E-state index in [0.717, 1.165) is 32.4 Å². The number of benzene rings is 1. The van der Waals surface area contributed by atoms with E-state index in [1.807, 2.05) is 18.2 Å². The molecule has 1 aliphatic heterocycles. The smallest absolute Gasteiger partial charge is 0.224 e. The predicted molar refractivity (Wildman–Crippen MR) is 101 cm³/mol. The Balaban J connectivity index is 1.75. The van der Waals surface area contributed by atoms with Gasteiger partial charge in [0.25, 0.3) is 0 Å². The van der Waals surface area contributed by atoms with E-state index in [1.165, 1.54) is 16.2 Å². The molecule has 2 rings (SSSR count). The molecule has 1 N–H and O–H groups in total. The number of carbonyl (C=O) groups excluding carboxylic acids is 1. The van der Waals surface area contributed by atoms with E-state index in [2.05, 4.69) is 29.3 Å². The maximum Gasteiger partial charge on any atom is 0.224 e. The van der Waals surface area contributed by atoms with Gasteiger partial charge in [0.2, 0.25) is 15.9 Å². The topological polar surface area (TPSA) is 69.7 Å². The summed E-state index contributed by atoms with van der Waals surface area (Å²) in [5.41, 5.74) is 1.19. The lowest BCUT2D eigenvalue weighted by Gasteiger charge is -2.30. The molecule has 0 spiro atoms. The summed E-state index contributed by atoms with van der Waals surface area (Å²) >= 11 is 0. The fourth-order valence-electron chi connectivity index (χ4n) is 3.19. The number of nitrogens with one attached hydrogen (secondary N) is 1. The van der Waals surface area contributed by atoms with Gasteiger partial charge in [0, 0.05) is 38.4 Å². The van der Waals surface area contributed by atoms with Crippen molar-refractivity contribution >= 4 is 21.6 Å². The highest BCUT2D eigenvalue weighted by atomic mass is 32.2. The molecule has 0 saturated carbocycles. The van der Waals surface area contributed by atoms with E-state index in [4.69, 9.17) is 0 Å². The van der Waals surface area contributed by atoms with Gasteiger partial charge in [0.1, 0.15) is 0 Å². The Morgan fingerprint density at radius 1 is 1.32 bits per heavy atom. The van der Waals surface area contributed by atoms with Crippen molar-refractivity contribution in [2.24, 2.45) is 5.92 Å². The standard InChI is InChI=1S/C18H29N3O3S/c1-3-20(17-10-5-4-6-11-17)13-8-12-19-18(22)16-9-7-14-21(15-16)25(2,23)24/h4-6,10-11,16H,3,7-9,12-15H2,1-2H3,(H,19,22)/t16-/m0/s1. The zero-order valence-corrected chi connectivity index (χ0v) is 16.0. The number of hydrogen-bond acceptors (Lipinski definition) is 4. The molecule has 1 aliphatic rings. The number of para-hydroxylation sites is 1. The molecule has 7 heteroatoms. The van der Waals surface area contributed by atoms with Crippen LogP contribution in [0.1, 0.15) is 26.2 Å². The molecule has 6 nitrogen and oxygen atoms in total. The van der Waals surface area contributed by atoms with Crippen LogP contribution in [0.25, 0.3) is 0 Å². The first-order valence-corrected chi connectivity index (χ1v) is 10.8. The number of nitrogens with zero attached hydrogens (tertiary/aromatic N) is 2. The van der Waals surface area contributed by atoms with Crippen molar-refractivity contribution in [1.82, 2.24) is 9.62 Å². The van der Waals surface area contributed by atoms with Gasteiger partial charge < -0.3 is 10.2 Å². The lowest BCUT2D eigenvalue weighted by Crippen LogP contribution is -2.45. The molecule has 1 aromatic carbocycles. The Kier molecular flexibility index (Phi) is 7.25. The van der Waals surface area contributed by atoms with Crippen LogP contribution in [0.4, 0.5) is 5.69 Å². The fraction of sp³-hybridized carbons (Fsp3) is 0.611. The average molecular weight is 368 g/mol. The van der Waals surface area contributed by atoms with Crippen LogP contribution in [0.3, 0.4) is 0 Å². The Morgan fingerprint density at radius 2 is 2.04 bits per heavy atom. The Labute approximate surface area is 151 Å². The number of amides is 1. The van der Waals surface area contributed by atoms with Crippen molar-refractivity contribution in [1.29, 1.82) is 0 Å². The van der Waals surface area contributed by atoms with Crippen LogP contribution in [-0.4, -0.2) is 57.6 Å². The van der Waals surface area contributed by atoms with Gasteiger partial charge in [-0.2, -0.15) is 0 Å². The van der Waals surface area contributed by atoms with Gasteiger partial charge in [-0.3, -0.25) is 4.79 Å². The summed E-state index contributed by atoms with van der Waals surface area (Å²) in [5.74, 6) is -0.268. The molecular weight excluding hydrogens is 338 g/mol. The van der Waals surface area contributed by atoms with Crippen LogP contribution in [0, 0.1) is 5.92 Å². The average Bonchev–Trinajstić information content (AvgIpc) is 2.62. The molecule has 0 aromatic heterocycles. The molecule has 0 aliphatic carbocycles. The highest BCUT2D eigenvalue weighted by Crippen LogP contribution is 2.19. The van der Waals surface area contributed by atoms with Gasteiger partial charge in [-0.05, 0) is 38.3 Å². The van der Waals surface area contributed by atoms with Crippen molar-refractivity contribution in [3.63, 3.8) is 0 Å². The van der Waals surface area contributed by atoms with Crippen LogP contribution in [-0.2, 0) is 14.8 Å². The van der Waals surface area contributed by atoms with Crippen LogP contribution in [0.15, 0.2) is 30.3 Å². The number of sulfonamides is 1. The van der Waals surface area contributed by atoms with E-state index in [-0.39, 0.29) is 11.8 Å². The fourth-order valence-corrected chi connectivity index (χ4v) is 4.10.